The summed E-state index contributed by atoms with van der Waals surface area (Å²) in [5.74, 6) is -0.263. The van der Waals surface area contributed by atoms with Crippen molar-refractivity contribution >= 4 is 24.2 Å². The second-order valence-corrected chi connectivity index (χ2v) is 6.98. The van der Waals surface area contributed by atoms with E-state index in [0.29, 0.717) is 12.0 Å². The predicted molar refractivity (Wildman–Crippen MR) is 105 cm³/mol. The molecule has 0 atom stereocenters. The SMILES string of the molecule is Cl.O=C(NC1CCN(CCC(=O)N2CCNCC2)CC1)c1ccc(F)cc1. The first-order chi connectivity index (χ1) is 12.6. The van der Waals surface area contributed by atoms with Crippen LogP contribution in [0.4, 0.5) is 4.39 Å². The molecule has 0 unspecified atom stereocenters. The largest absolute Gasteiger partial charge is 0.349 e. The van der Waals surface area contributed by atoms with Gasteiger partial charge in [0.15, 0.2) is 0 Å². The molecule has 2 fully saturated rings. The van der Waals surface area contributed by atoms with E-state index < -0.39 is 0 Å². The molecule has 0 aromatic heterocycles. The Morgan fingerprint density at radius 2 is 1.70 bits per heavy atom. The van der Waals surface area contributed by atoms with E-state index in [1.165, 1.54) is 24.3 Å². The number of hydrogen-bond donors (Lipinski definition) is 2. The molecule has 2 N–H and O–H groups in total. The Bertz CT molecular complexity index is 615. The van der Waals surface area contributed by atoms with Crippen LogP contribution in [0, 0.1) is 5.82 Å². The van der Waals surface area contributed by atoms with Crippen LogP contribution >= 0.6 is 12.4 Å². The minimum absolute atomic E-state index is 0. The number of amides is 2. The van der Waals surface area contributed by atoms with Gasteiger partial charge in [0.1, 0.15) is 5.82 Å². The van der Waals surface area contributed by atoms with Gasteiger partial charge in [-0.05, 0) is 37.1 Å². The zero-order valence-electron chi connectivity index (χ0n) is 15.5. The maximum absolute atomic E-state index is 12.9. The number of benzene rings is 1. The Morgan fingerprint density at radius 1 is 1.07 bits per heavy atom. The van der Waals surface area contributed by atoms with E-state index in [-0.39, 0.29) is 36.1 Å². The van der Waals surface area contributed by atoms with E-state index in [1.807, 2.05) is 4.90 Å². The lowest BCUT2D eigenvalue weighted by atomic mass is 10.0. The van der Waals surface area contributed by atoms with Crippen molar-refractivity contribution in [3.63, 3.8) is 0 Å². The number of piperazine rings is 1. The average molecular weight is 399 g/mol. The zero-order chi connectivity index (χ0) is 18.4. The molecule has 8 heteroatoms. The van der Waals surface area contributed by atoms with Crippen molar-refractivity contribution in [2.24, 2.45) is 0 Å². The fourth-order valence-corrected chi connectivity index (χ4v) is 3.50. The van der Waals surface area contributed by atoms with Crippen molar-refractivity contribution in [1.29, 1.82) is 0 Å². The number of hydrogen-bond acceptors (Lipinski definition) is 4. The molecule has 6 nitrogen and oxygen atoms in total. The summed E-state index contributed by atoms with van der Waals surface area (Å²) in [6, 6.07) is 5.73. The van der Waals surface area contributed by atoms with Gasteiger partial charge in [0, 0.05) is 63.8 Å². The second-order valence-electron chi connectivity index (χ2n) is 6.98. The molecule has 2 aliphatic rings. The Morgan fingerprint density at radius 3 is 2.33 bits per heavy atom. The van der Waals surface area contributed by atoms with E-state index in [2.05, 4.69) is 15.5 Å². The van der Waals surface area contributed by atoms with Crippen LogP contribution in [-0.4, -0.2) is 73.5 Å². The quantitative estimate of drug-likeness (QED) is 0.783. The Labute approximate surface area is 165 Å². The molecule has 0 bridgehead atoms. The molecule has 1 aromatic carbocycles. The first-order valence-electron chi connectivity index (χ1n) is 9.39. The van der Waals surface area contributed by atoms with Gasteiger partial charge in [0.25, 0.3) is 5.91 Å². The van der Waals surface area contributed by atoms with Crippen LogP contribution in [0.1, 0.15) is 29.6 Å². The second kappa shape index (κ2) is 10.6. The molecule has 3 rings (SSSR count). The predicted octanol–water partition coefficient (Wildman–Crippen LogP) is 1.26. The molecule has 2 heterocycles. The highest BCUT2D eigenvalue weighted by molar-refractivity contribution is 5.94. The lowest BCUT2D eigenvalue weighted by Gasteiger charge is -2.33. The van der Waals surface area contributed by atoms with Crippen LogP contribution in [0.3, 0.4) is 0 Å². The number of piperidine rings is 1. The number of likely N-dealkylation sites (tertiary alicyclic amines) is 1. The Balaban J connectivity index is 0.00000261. The first-order valence-corrected chi connectivity index (χ1v) is 9.39. The summed E-state index contributed by atoms with van der Waals surface area (Å²) >= 11 is 0. The number of carbonyl (C=O) groups excluding carboxylic acids is 2. The molecule has 2 amide bonds. The molecule has 27 heavy (non-hydrogen) atoms. The van der Waals surface area contributed by atoms with Gasteiger partial charge in [-0.25, -0.2) is 4.39 Å². The molecule has 2 saturated heterocycles. The Kier molecular flexibility index (Phi) is 8.47. The third-order valence-corrected chi connectivity index (χ3v) is 5.14. The van der Waals surface area contributed by atoms with E-state index in [0.717, 1.165) is 58.7 Å². The van der Waals surface area contributed by atoms with Gasteiger partial charge < -0.3 is 20.4 Å². The minimum Gasteiger partial charge on any atom is -0.349 e. The molecule has 0 aliphatic carbocycles. The molecule has 150 valence electrons. The number of nitrogens with one attached hydrogen (secondary N) is 2. The van der Waals surface area contributed by atoms with Crippen molar-refractivity contribution in [3.8, 4) is 0 Å². The highest BCUT2D eigenvalue weighted by Crippen LogP contribution is 2.12. The fraction of sp³-hybridized carbons (Fsp3) is 0.579. The van der Waals surface area contributed by atoms with Crippen LogP contribution in [0.2, 0.25) is 0 Å². The van der Waals surface area contributed by atoms with Gasteiger partial charge in [0.2, 0.25) is 5.91 Å². The normalized spacial score (nSPS) is 18.6. The summed E-state index contributed by atoms with van der Waals surface area (Å²) in [6.45, 7) is 5.90. The van der Waals surface area contributed by atoms with Gasteiger partial charge in [0.05, 0.1) is 0 Å². The summed E-state index contributed by atoms with van der Waals surface area (Å²) in [4.78, 5) is 28.6. The summed E-state index contributed by atoms with van der Waals surface area (Å²) in [6.07, 6.45) is 2.30. The van der Waals surface area contributed by atoms with Gasteiger partial charge in [-0.15, -0.1) is 12.4 Å². The number of rotatable bonds is 5. The fourth-order valence-electron chi connectivity index (χ4n) is 3.50. The third-order valence-electron chi connectivity index (χ3n) is 5.14. The van der Waals surface area contributed by atoms with Crippen molar-refractivity contribution < 1.29 is 14.0 Å². The average Bonchev–Trinajstić information content (AvgIpc) is 2.68. The van der Waals surface area contributed by atoms with E-state index in [4.69, 9.17) is 0 Å². The monoisotopic (exact) mass is 398 g/mol. The van der Waals surface area contributed by atoms with Crippen LogP contribution in [0.25, 0.3) is 0 Å². The zero-order valence-corrected chi connectivity index (χ0v) is 16.3. The summed E-state index contributed by atoms with van der Waals surface area (Å²) < 4.78 is 12.9. The topological polar surface area (TPSA) is 64.7 Å². The summed E-state index contributed by atoms with van der Waals surface area (Å²) in [7, 11) is 0. The maximum Gasteiger partial charge on any atom is 0.251 e. The van der Waals surface area contributed by atoms with Gasteiger partial charge in [-0.2, -0.15) is 0 Å². The number of nitrogens with zero attached hydrogens (tertiary/aromatic N) is 2. The number of carbonyl (C=O) groups is 2. The van der Waals surface area contributed by atoms with Crippen LogP contribution in [-0.2, 0) is 4.79 Å². The summed E-state index contributed by atoms with van der Waals surface area (Å²) in [5, 5.41) is 6.27. The lowest BCUT2D eigenvalue weighted by Crippen LogP contribution is -2.48. The summed E-state index contributed by atoms with van der Waals surface area (Å²) in [5.41, 5.74) is 0.482. The van der Waals surface area contributed by atoms with Crippen LogP contribution in [0.5, 0.6) is 0 Å². The maximum atomic E-state index is 12.9. The molecular weight excluding hydrogens is 371 g/mol. The molecule has 2 aliphatic heterocycles. The molecule has 0 saturated carbocycles. The first kappa shape index (κ1) is 21.6. The molecule has 0 spiro atoms. The molecular formula is C19H28ClFN4O2. The minimum atomic E-state index is -0.342. The smallest absolute Gasteiger partial charge is 0.251 e. The van der Waals surface area contributed by atoms with Crippen molar-refractivity contribution in [2.75, 3.05) is 45.8 Å². The van der Waals surface area contributed by atoms with Gasteiger partial charge in [-0.1, -0.05) is 0 Å². The van der Waals surface area contributed by atoms with Crippen molar-refractivity contribution in [2.45, 2.75) is 25.3 Å². The number of halogens is 2. The molecule has 1 aromatic rings. The standard InChI is InChI=1S/C19H27FN4O2.ClH/c20-16-3-1-15(2-4-16)19(26)22-17-5-10-23(11-6-17)12-7-18(25)24-13-8-21-9-14-24;/h1-4,17,21H,5-14H2,(H,22,26);1H. The van der Waals surface area contributed by atoms with E-state index in [9.17, 15) is 14.0 Å². The highest BCUT2D eigenvalue weighted by Gasteiger charge is 2.22. The van der Waals surface area contributed by atoms with E-state index in [1.54, 1.807) is 0 Å². The highest BCUT2D eigenvalue weighted by atomic mass is 35.5. The van der Waals surface area contributed by atoms with Crippen LogP contribution < -0.4 is 10.6 Å². The van der Waals surface area contributed by atoms with Gasteiger partial charge in [-0.3, -0.25) is 9.59 Å². The molecule has 0 radical (unpaired) electrons. The Hall–Kier alpha value is -1.70. The van der Waals surface area contributed by atoms with Crippen molar-refractivity contribution in [3.05, 3.63) is 35.6 Å². The van der Waals surface area contributed by atoms with Crippen LogP contribution in [0.15, 0.2) is 24.3 Å². The van der Waals surface area contributed by atoms with Gasteiger partial charge >= 0.3 is 0 Å². The van der Waals surface area contributed by atoms with E-state index >= 15 is 0 Å². The third kappa shape index (κ3) is 6.45. The lowest BCUT2D eigenvalue weighted by molar-refractivity contribution is -0.132. The van der Waals surface area contributed by atoms with Crippen molar-refractivity contribution in [1.82, 2.24) is 20.4 Å².